The molecule has 0 bridgehead atoms. The van der Waals surface area contributed by atoms with Crippen molar-refractivity contribution in [1.29, 1.82) is 0 Å². The van der Waals surface area contributed by atoms with Gasteiger partial charge in [-0.25, -0.2) is 0 Å². The third kappa shape index (κ3) is 3.36. The first kappa shape index (κ1) is 9.90. The number of hydrogen-bond donors (Lipinski definition) is 1. The standard InChI is InChI=1S/C11H17NO/c1-9(2)8-13-11-6-4-5-10(7-11)12-3/h4-7,9,12H,8H2,1-3H3. The van der Waals surface area contributed by atoms with Crippen molar-refractivity contribution in [3.8, 4) is 5.75 Å². The van der Waals surface area contributed by atoms with Gasteiger partial charge >= 0.3 is 0 Å². The maximum absolute atomic E-state index is 5.57. The Hall–Kier alpha value is -1.18. The van der Waals surface area contributed by atoms with Gasteiger partial charge in [-0.15, -0.1) is 0 Å². The number of benzene rings is 1. The SMILES string of the molecule is CNc1cccc(OCC(C)C)c1. The summed E-state index contributed by atoms with van der Waals surface area (Å²) in [5.74, 6) is 1.50. The lowest BCUT2D eigenvalue weighted by Gasteiger charge is -2.09. The van der Waals surface area contributed by atoms with Gasteiger partial charge in [-0.1, -0.05) is 19.9 Å². The number of hydrogen-bond acceptors (Lipinski definition) is 2. The Morgan fingerprint density at radius 1 is 1.38 bits per heavy atom. The van der Waals surface area contributed by atoms with Gasteiger partial charge in [0.1, 0.15) is 5.75 Å². The molecule has 0 unspecified atom stereocenters. The molecule has 0 aliphatic heterocycles. The van der Waals surface area contributed by atoms with E-state index in [1.54, 1.807) is 0 Å². The summed E-state index contributed by atoms with van der Waals surface area (Å²) in [6.07, 6.45) is 0. The highest BCUT2D eigenvalue weighted by Crippen LogP contribution is 2.17. The third-order valence-electron chi connectivity index (χ3n) is 1.71. The van der Waals surface area contributed by atoms with Crippen LogP contribution in [-0.4, -0.2) is 13.7 Å². The molecule has 0 amide bonds. The van der Waals surface area contributed by atoms with Crippen LogP contribution >= 0.6 is 0 Å². The van der Waals surface area contributed by atoms with E-state index in [2.05, 4.69) is 19.2 Å². The summed E-state index contributed by atoms with van der Waals surface area (Å²) >= 11 is 0. The van der Waals surface area contributed by atoms with Crippen molar-refractivity contribution in [3.63, 3.8) is 0 Å². The van der Waals surface area contributed by atoms with Crippen molar-refractivity contribution >= 4 is 5.69 Å². The highest BCUT2D eigenvalue weighted by molar-refractivity contribution is 5.47. The molecule has 0 aromatic heterocycles. The minimum Gasteiger partial charge on any atom is -0.493 e. The topological polar surface area (TPSA) is 21.3 Å². The van der Waals surface area contributed by atoms with Crippen LogP contribution in [0.25, 0.3) is 0 Å². The molecule has 0 heterocycles. The van der Waals surface area contributed by atoms with Crippen molar-refractivity contribution in [1.82, 2.24) is 0 Å². The van der Waals surface area contributed by atoms with Crippen LogP contribution in [-0.2, 0) is 0 Å². The lowest BCUT2D eigenvalue weighted by atomic mass is 10.2. The molecule has 0 aliphatic rings. The van der Waals surface area contributed by atoms with Gasteiger partial charge in [0.25, 0.3) is 0 Å². The molecule has 0 aliphatic carbocycles. The molecule has 0 radical (unpaired) electrons. The van der Waals surface area contributed by atoms with Crippen LogP contribution in [0.15, 0.2) is 24.3 Å². The summed E-state index contributed by atoms with van der Waals surface area (Å²) in [5.41, 5.74) is 1.08. The van der Waals surface area contributed by atoms with Crippen LogP contribution in [0.2, 0.25) is 0 Å². The second-order valence-electron chi connectivity index (χ2n) is 3.48. The molecule has 0 fully saturated rings. The maximum Gasteiger partial charge on any atom is 0.121 e. The molecular weight excluding hydrogens is 162 g/mol. The summed E-state index contributed by atoms with van der Waals surface area (Å²) in [7, 11) is 1.90. The van der Waals surface area contributed by atoms with Gasteiger partial charge in [0.15, 0.2) is 0 Å². The summed E-state index contributed by atoms with van der Waals surface area (Å²) < 4.78 is 5.57. The van der Waals surface area contributed by atoms with E-state index in [0.717, 1.165) is 18.0 Å². The fourth-order valence-electron chi connectivity index (χ4n) is 1.00. The molecule has 0 saturated heterocycles. The van der Waals surface area contributed by atoms with Gasteiger partial charge < -0.3 is 10.1 Å². The van der Waals surface area contributed by atoms with E-state index >= 15 is 0 Å². The number of anilines is 1. The lowest BCUT2D eigenvalue weighted by Crippen LogP contribution is -2.04. The smallest absolute Gasteiger partial charge is 0.121 e. The predicted molar refractivity (Wildman–Crippen MR) is 56.3 cm³/mol. The Labute approximate surface area is 79.9 Å². The van der Waals surface area contributed by atoms with Crippen LogP contribution in [0.1, 0.15) is 13.8 Å². The van der Waals surface area contributed by atoms with Gasteiger partial charge in [-0.3, -0.25) is 0 Å². The van der Waals surface area contributed by atoms with Crippen LogP contribution in [0, 0.1) is 5.92 Å². The molecule has 1 rings (SSSR count). The molecule has 0 spiro atoms. The number of ether oxygens (including phenoxy) is 1. The third-order valence-corrected chi connectivity index (χ3v) is 1.71. The Bertz CT molecular complexity index is 258. The monoisotopic (exact) mass is 179 g/mol. The van der Waals surface area contributed by atoms with E-state index in [9.17, 15) is 0 Å². The average molecular weight is 179 g/mol. The van der Waals surface area contributed by atoms with Gasteiger partial charge in [-0.05, 0) is 18.1 Å². The maximum atomic E-state index is 5.57. The van der Waals surface area contributed by atoms with Crippen molar-refractivity contribution < 1.29 is 4.74 Å². The summed E-state index contributed by atoms with van der Waals surface area (Å²) in [6, 6.07) is 7.98. The van der Waals surface area contributed by atoms with E-state index in [4.69, 9.17) is 4.74 Å². The van der Waals surface area contributed by atoms with Crippen molar-refractivity contribution in [3.05, 3.63) is 24.3 Å². The first-order valence-corrected chi connectivity index (χ1v) is 4.63. The van der Waals surface area contributed by atoms with Gasteiger partial charge in [0, 0.05) is 18.8 Å². The fraction of sp³-hybridized carbons (Fsp3) is 0.455. The number of nitrogens with one attached hydrogen (secondary N) is 1. The first-order chi connectivity index (χ1) is 6.22. The lowest BCUT2D eigenvalue weighted by molar-refractivity contribution is 0.271. The average Bonchev–Trinajstić information content (AvgIpc) is 2.15. The molecular formula is C11H17NO. The largest absolute Gasteiger partial charge is 0.493 e. The summed E-state index contributed by atoms with van der Waals surface area (Å²) in [4.78, 5) is 0. The minimum absolute atomic E-state index is 0.568. The van der Waals surface area contributed by atoms with E-state index in [0.29, 0.717) is 5.92 Å². The number of rotatable bonds is 4. The molecule has 2 nitrogen and oxygen atoms in total. The molecule has 1 aromatic carbocycles. The van der Waals surface area contributed by atoms with Crippen LogP contribution in [0.3, 0.4) is 0 Å². The molecule has 0 atom stereocenters. The van der Waals surface area contributed by atoms with Gasteiger partial charge in [0.2, 0.25) is 0 Å². The predicted octanol–water partition coefficient (Wildman–Crippen LogP) is 2.76. The van der Waals surface area contributed by atoms with Crippen LogP contribution < -0.4 is 10.1 Å². The quantitative estimate of drug-likeness (QED) is 0.767. The Balaban J connectivity index is 2.56. The Morgan fingerprint density at radius 3 is 2.77 bits per heavy atom. The molecule has 1 aromatic rings. The zero-order valence-electron chi connectivity index (χ0n) is 8.50. The first-order valence-electron chi connectivity index (χ1n) is 4.63. The zero-order valence-corrected chi connectivity index (χ0v) is 8.50. The van der Waals surface area contributed by atoms with E-state index in [1.165, 1.54) is 0 Å². The highest BCUT2D eigenvalue weighted by Gasteiger charge is 1.97. The zero-order chi connectivity index (χ0) is 9.68. The molecule has 0 saturated carbocycles. The molecule has 2 heteroatoms. The second-order valence-corrected chi connectivity index (χ2v) is 3.48. The molecule has 1 N–H and O–H groups in total. The van der Waals surface area contributed by atoms with E-state index < -0.39 is 0 Å². The van der Waals surface area contributed by atoms with Crippen LogP contribution in [0.4, 0.5) is 5.69 Å². The van der Waals surface area contributed by atoms with Gasteiger partial charge in [-0.2, -0.15) is 0 Å². The fourth-order valence-corrected chi connectivity index (χ4v) is 1.00. The van der Waals surface area contributed by atoms with Crippen LogP contribution in [0.5, 0.6) is 5.75 Å². The second kappa shape index (κ2) is 4.75. The normalized spacial score (nSPS) is 10.2. The van der Waals surface area contributed by atoms with Crippen molar-refractivity contribution in [2.75, 3.05) is 19.0 Å². The van der Waals surface area contributed by atoms with Crippen molar-refractivity contribution in [2.45, 2.75) is 13.8 Å². The molecule has 72 valence electrons. The highest BCUT2D eigenvalue weighted by atomic mass is 16.5. The minimum atomic E-state index is 0.568. The van der Waals surface area contributed by atoms with E-state index in [1.807, 2.05) is 31.3 Å². The Morgan fingerprint density at radius 2 is 2.15 bits per heavy atom. The molecule has 13 heavy (non-hydrogen) atoms. The van der Waals surface area contributed by atoms with Crippen molar-refractivity contribution in [2.24, 2.45) is 5.92 Å². The Kier molecular flexibility index (Phi) is 3.62. The van der Waals surface area contributed by atoms with Gasteiger partial charge in [0.05, 0.1) is 6.61 Å². The van der Waals surface area contributed by atoms with E-state index in [-0.39, 0.29) is 0 Å². The summed E-state index contributed by atoms with van der Waals surface area (Å²) in [6.45, 7) is 5.05. The summed E-state index contributed by atoms with van der Waals surface area (Å²) in [5, 5.41) is 3.07.